The summed E-state index contributed by atoms with van der Waals surface area (Å²) in [5, 5.41) is 0. The smallest absolute Gasteiger partial charge is 0.410 e. The van der Waals surface area contributed by atoms with Crippen molar-refractivity contribution in [2.24, 2.45) is 11.8 Å². The van der Waals surface area contributed by atoms with Gasteiger partial charge in [-0.25, -0.2) is 4.79 Å². The second kappa shape index (κ2) is 5.31. The molecular weight excluding hydrogens is 330 g/mol. The number of amides is 1. The Morgan fingerprint density at radius 3 is 2.81 bits per heavy atom. The molecule has 2 aliphatic heterocycles. The Balaban J connectivity index is 1.45. The minimum atomic E-state index is -0.128. The molecule has 4 aliphatic rings. The Labute approximate surface area is 133 Å². The summed E-state index contributed by atoms with van der Waals surface area (Å²) in [7, 11) is 0. The molecule has 5 rings (SSSR count). The summed E-state index contributed by atoms with van der Waals surface area (Å²) in [6.45, 7) is 0.370. The van der Waals surface area contributed by atoms with Gasteiger partial charge in [0.25, 0.3) is 0 Å². The van der Waals surface area contributed by atoms with Crippen LogP contribution in [0.3, 0.4) is 0 Å². The molecule has 2 heterocycles. The van der Waals surface area contributed by atoms with Gasteiger partial charge >= 0.3 is 6.09 Å². The molecule has 3 nitrogen and oxygen atoms in total. The van der Waals surface area contributed by atoms with E-state index >= 15 is 0 Å². The molecule has 1 amide bonds. The first kappa shape index (κ1) is 13.6. The molecule has 2 saturated heterocycles. The van der Waals surface area contributed by atoms with E-state index in [1.54, 1.807) is 0 Å². The van der Waals surface area contributed by atoms with Crippen LogP contribution in [0.5, 0.6) is 0 Å². The van der Waals surface area contributed by atoms with E-state index in [2.05, 4.69) is 15.9 Å². The molecule has 4 heteroatoms. The molecule has 1 aromatic rings. The first-order chi connectivity index (χ1) is 10.2. The molecule has 0 spiro atoms. The zero-order valence-corrected chi connectivity index (χ0v) is 13.5. The number of carbonyl (C=O) groups is 1. The van der Waals surface area contributed by atoms with Crippen LogP contribution in [0, 0.1) is 11.8 Å². The van der Waals surface area contributed by atoms with E-state index in [0.717, 1.165) is 30.2 Å². The third-order valence-electron chi connectivity index (χ3n) is 5.38. The predicted molar refractivity (Wildman–Crippen MR) is 84.2 cm³/mol. The predicted octanol–water partition coefficient (Wildman–Crippen LogP) is 3.96. The lowest BCUT2D eigenvalue weighted by molar-refractivity contribution is -0.0468. The zero-order chi connectivity index (χ0) is 14.4. The van der Waals surface area contributed by atoms with Crippen LogP contribution in [-0.4, -0.2) is 27.9 Å². The fourth-order valence-corrected chi connectivity index (χ4v) is 5.43. The van der Waals surface area contributed by atoms with E-state index in [9.17, 15) is 4.79 Å². The van der Waals surface area contributed by atoms with Crippen LogP contribution in [0.1, 0.15) is 31.2 Å². The Hall–Kier alpha value is -1.03. The lowest BCUT2D eigenvalue weighted by Gasteiger charge is -2.58. The molecule has 5 unspecified atom stereocenters. The van der Waals surface area contributed by atoms with E-state index in [4.69, 9.17) is 4.74 Å². The zero-order valence-electron chi connectivity index (χ0n) is 12.0. The van der Waals surface area contributed by atoms with Crippen molar-refractivity contribution in [3.63, 3.8) is 0 Å². The molecule has 4 fully saturated rings. The number of rotatable bonds is 2. The number of carbonyl (C=O) groups excluding carboxylic acids is 1. The van der Waals surface area contributed by atoms with Crippen molar-refractivity contribution in [1.29, 1.82) is 0 Å². The number of benzene rings is 1. The third-order valence-corrected chi connectivity index (χ3v) is 6.73. The molecule has 2 aliphatic carbocycles. The van der Waals surface area contributed by atoms with Crippen molar-refractivity contribution in [2.75, 3.05) is 0 Å². The number of hydrogen-bond donors (Lipinski definition) is 0. The molecule has 0 N–H and O–H groups in total. The van der Waals surface area contributed by atoms with Crippen molar-refractivity contribution in [1.82, 2.24) is 4.90 Å². The summed E-state index contributed by atoms with van der Waals surface area (Å²) in [5.74, 6) is 1.58. The van der Waals surface area contributed by atoms with Crippen molar-refractivity contribution in [2.45, 2.75) is 49.2 Å². The van der Waals surface area contributed by atoms with Gasteiger partial charge in [-0.3, -0.25) is 0 Å². The van der Waals surface area contributed by atoms with Gasteiger partial charge in [-0.05, 0) is 43.1 Å². The monoisotopic (exact) mass is 349 g/mol. The van der Waals surface area contributed by atoms with Gasteiger partial charge in [0.1, 0.15) is 6.61 Å². The third kappa shape index (κ3) is 2.37. The van der Waals surface area contributed by atoms with Gasteiger partial charge in [0.05, 0.1) is 0 Å². The van der Waals surface area contributed by atoms with E-state index in [1.165, 1.54) is 12.8 Å². The number of nitrogens with zero attached hydrogens (tertiary/aromatic N) is 1. The molecule has 1 aromatic carbocycles. The Morgan fingerprint density at radius 1 is 1.19 bits per heavy atom. The standard InChI is InChI=1S/C17H20BrNO2/c18-16-13-6-12-7-14(9-13)19(15(16)8-12)17(20)21-10-11-4-2-1-3-5-11/h1-5,12-16H,6-10H2. The lowest BCUT2D eigenvalue weighted by Crippen LogP contribution is -2.64. The van der Waals surface area contributed by atoms with Crippen LogP contribution >= 0.6 is 15.9 Å². The number of alkyl halides is 1. The summed E-state index contributed by atoms with van der Waals surface area (Å²) in [4.78, 5) is 15.0. The highest BCUT2D eigenvalue weighted by atomic mass is 79.9. The maximum atomic E-state index is 12.5. The minimum Gasteiger partial charge on any atom is -0.445 e. The largest absolute Gasteiger partial charge is 0.445 e. The van der Waals surface area contributed by atoms with Crippen molar-refractivity contribution in [3.8, 4) is 0 Å². The summed E-state index contributed by atoms with van der Waals surface area (Å²) < 4.78 is 5.57. The molecule has 0 radical (unpaired) electrons. The topological polar surface area (TPSA) is 29.5 Å². The molecule has 4 bridgehead atoms. The van der Waals surface area contributed by atoms with Crippen molar-refractivity contribution < 1.29 is 9.53 Å². The van der Waals surface area contributed by atoms with Crippen LogP contribution in [-0.2, 0) is 11.3 Å². The van der Waals surface area contributed by atoms with Crippen LogP contribution in [0.4, 0.5) is 4.79 Å². The second-order valence-corrected chi connectivity index (χ2v) is 7.74. The van der Waals surface area contributed by atoms with Crippen LogP contribution < -0.4 is 0 Å². The molecular formula is C17H20BrNO2. The Morgan fingerprint density at radius 2 is 2.00 bits per heavy atom. The average molecular weight is 350 g/mol. The van der Waals surface area contributed by atoms with Gasteiger partial charge < -0.3 is 9.64 Å². The molecule has 112 valence electrons. The first-order valence-corrected chi connectivity index (χ1v) is 8.77. The maximum Gasteiger partial charge on any atom is 0.410 e. The van der Waals surface area contributed by atoms with Crippen molar-refractivity contribution in [3.05, 3.63) is 35.9 Å². The van der Waals surface area contributed by atoms with Gasteiger partial charge in [-0.15, -0.1) is 0 Å². The Bertz CT molecular complexity index is 535. The van der Waals surface area contributed by atoms with Gasteiger partial charge in [0, 0.05) is 16.9 Å². The highest BCUT2D eigenvalue weighted by molar-refractivity contribution is 9.09. The number of hydrogen-bond acceptors (Lipinski definition) is 2. The van der Waals surface area contributed by atoms with E-state index in [0.29, 0.717) is 23.5 Å². The molecule has 2 saturated carbocycles. The average Bonchev–Trinajstić information content (AvgIpc) is 2.50. The highest BCUT2D eigenvalue weighted by Crippen LogP contribution is 2.51. The molecule has 0 aromatic heterocycles. The molecule has 21 heavy (non-hydrogen) atoms. The minimum absolute atomic E-state index is 0.128. The maximum absolute atomic E-state index is 12.5. The second-order valence-electron chi connectivity index (χ2n) is 6.68. The van der Waals surface area contributed by atoms with Gasteiger partial charge in [-0.2, -0.15) is 0 Å². The van der Waals surface area contributed by atoms with Crippen LogP contribution in [0.15, 0.2) is 30.3 Å². The van der Waals surface area contributed by atoms with Crippen molar-refractivity contribution >= 4 is 22.0 Å². The fourth-order valence-electron chi connectivity index (χ4n) is 4.53. The van der Waals surface area contributed by atoms with E-state index < -0.39 is 0 Å². The number of ether oxygens (including phenoxy) is 1. The lowest BCUT2D eigenvalue weighted by atomic mass is 9.63. The fraction of sp³-hybridized carbons (Fsp3) is 0.588. The van der Waals surface area contributed by atoms with Gasteiger partial charge in [0.15, 0.2) is 0 Å². The Kier molecular flexibility index (Phi) is 3.44. The van der Waals surface area contributed by atoms with E-state index in [1.807, 2.05) is 35.2 Å². The van der Waals surface area contributed by atoms with E-state index in [-0.39, 0.29) is 6.09 Å². The van der Waals surface area contributed by atoms with Gasteiger partial charge in [-0.1, -0.05) is 46.3 Å². The number of piperidine rings is 2. The summed E-state index contributed by atoms with van der Waals surface area (Å²) >= 11 is 3.83. The summed E-state index contributed by atoms with van der Waals surface area (Å²) in [6.07, 6.45) is 4.67. The summed E-state index contributed by atoms with van der Waals surface area (Å²) in [5.41, 5.74) is 1.05. The number of halogens is 1. The normalized spacial score (nSPS) is 36.8. The van der Waals surface area contributed by atoms with Gasteiger partial charge in [0.2, 0.25) is 0 Å². The highest BCUT2D eigenvalue weighted by Gasteiger charge is 2.53. The first-order valence-electron chi connectivity index (χ1n) is 7.85. The van der Waals surface area contributed by atoms with Crippen LogP contribution in [0.2, 0.25) is 0 Å². The molecule has 5 atom stereocenters. The quantitative estimate of drug-likeness (QED) is 0.756. The van der Waals surface area contributed by atoms with Crippen LogP contribution in [0.25, 0.3) is 0 Å². The SMILES string of the molecule is O=C(OCc1ccccc1)N1C2CC3CC(C2)C(Br)C1C3. The summed E-state index contributed by atoms with van der Waals surface area (Å²) in [6, 6.07) is 10.7.